The Kier molecular flexibility index (Phi) is 5.75. The third-order valence-electron chi connectivity index (χ3n) is 4.48. The molecule has 6 heteroatoms. The van der Waals surface area contributed by atoms with Crippen LogP contribution in [-0.2, 0) is 6.54 Å². The number of amides is 1. The van der Waals surface area contributed by atoms with Gasteiger partial charge in [0.05, 0.1) is 31.9 Å². The lowest BCUT2D eigenvalue weighted by Crippen LogP contribution is -2.38. The van der Waals surface area contributed by atoms with E-state index >= 15 is 0 Å². The molecule has 0 aromatic heterocycles. The summed E-state index contributed by atoms with van der Waals surface area (Å²) >= 11 is 0. The number of aliphatic hydroxyl groups excluding tert-OH is 1. The van der Waals surface area contributed by atoms with Gasteiger partial charge in [-0.05, 0) is 42.3 Å². The van der Waals surface area contributed by atoms with Gasteiger partial charge in [-0.1, -0.05) is 24.3 Å². The quantitative estimate of drug-likeness (QED) is 0.775. The molecular weight excluding hydrogens is 332 g/mol. The van der Waals surface area contributed by atoms with Gasteiger partial charge in [0.15, 0.2) is 0 Å². The second kappa shape index (κ2) is 8.21. The van der Waals surface area contributed by atoms with Crippen LogP contribution in [0.5, 0.6) is 11.5 Å². The molecule has 0 unspecified atom stereocenters. The summed E-state index contributed by atoms with van der Waals surface area (Å²) in [7, 11) is 1.55. The summed E-state index contributed by atoms with van der Waals surface area (Å²) < 4.78 is 11.0. The van der Waals surface area contributed by atoms with Crippen molar-refractivity contribution in [2.24, 2.45) is 5.73 Å². The molecule has 1 aliphatic rings. The van der Waals surface area contributed by atoms with Gasteiger partial charge in [-0.3, -0.25) is 4.79 Å². The van der Waals surface area contributed by atoms with Gasteiger partial charge in [-0.15, -0.1) is 0 Å². The second-order valence-corrected chi connectivity index (χ2v) is 6.25. The van der Waals surface area contributed by atoms with Crippen LogP contribution < -0.4 is 15.2 Å². The van der Waals surface area contributed by atoms with Crippen molar-refractivity contribution in [1.29, 1.82) is 0 Å². The number of fused-ring (bicyclic) bond motifs is 1. The standard InChI is InChI=1S/C20H24N2O4/c1-25-15-7-8-19(26-10-4-9-21)17(11-15)20(24)22-12-14-5-2-3-6-16(14)18(23)13-22/h2-3,5-8,11,18,23H,4,9-10,12-13,21H2,1H3/t18-/m1/s1. The largest absolute Gasteiger partial charge is 0.497 e. The molecule has 0 fully saturated rings. The number of β-amino-alcohol motifs (C(OH)–C–C–N with tert-alkyl or cyclic N) is 1. The predicted molar refractivity (Wildman–Crippen MR) is 98.3 cm³/mol. The van der Waals surface area contributed by atoms with E-state index in [0.717, 1.165) is 11.1 Å². The number of hydrogen-bond acceptors (Lipinski definition) is 5. The molecule has 0 spiro atoms. The molecule has 0 aliphatic carbocycles. The van der Waals surface area contributed by atoms with Crippen LogP contribution in [0.3, 0.4) is 0 Å². The van der Waals surface area contributed by atoms with Crippen molar-refractivity contribution in [2.75, 3.05) is 26.8 Å². The molecule has 0 radical (unpaired) electrons. The Morgan fingerprint density at radius 3 is 2.88 bits per heavy atom. The van der Waals surface area contributed by atoms with Gasteiger partial charge in [0, 0.05) is 6.54 Å². The smallest absolute Gasteiger partial charge is 0.258 e. The van der Waals surface area contributed by atoms with Crippen LogP contribution in [0.2, 0.25) is 0 Å². The number of rotatable bonds is 6. The van der Waals surface area contributed by atoms with E-state index in [1.54, 1.807) is 30.2 Å². The van der Waals surface area contributed by atoms with Gasteiger partial charge in [0.25, 0.3) is 5.91 Å². The first-order valence-electron chi connectivity index (χ1n) is 8.70. The highest BCUT2D eigenvalue weighted by molar-refractivity contribution is 5.97. The van der Waals surface area contributed by atoms with E-state index in [1.807, 2.05) is 24.3 Å². The molecule has 1 heterocycles. The van der Waals surface area contributed by atoms with Gasteiger partial charge in [0.2, 0.25) is 0 Å². The number of carbonyl (C=O) groups is 1. The molecule has 0 bridgehead atoms. The Morgan fingerprint density at radius 1 is 1.31 bits per heavy atom. The molecule has 0 saturated heterocycles. The van der Waals surface area contributed by atoms with Crippen LogP contribution in [0, 0.1) is 0 Å². The minimum absolute atomic E-state index is 0.194. The number of benzene rings is 2. The highest BCUT2D eigenvalue weighted by atomic mass is 16.5. The van der Waals surface area contributed by atoms with Crippen molar-refractivity contribution in [3.8, 4) is 11.5 Å². The number of carbonyl (C=O) groups excluding carboxylic acids is 1. The second-order valence-electron chi connectivity index (χ2n) is 6.25. The van der Waals surface area contributed by atoms with Crippen molar-refractivity contribution in [3.05, 3.63) is 59.2 Å². The minimum Gasteiger partial charge on any atom is -0.497 e. The number of methoxy groups -OCH3 is 1. The Balaban J connectivity index is 1.87. The van der Waals surface area contributed by atoms with E-state index in [2.05, 4.69) is 0 Å². The molecule has 6 nitrogen and oxygen atoms in total. The average Bonchev–Trinajstić information content (AvgIpc) is 2.67. The molecule has 1 atom stereocenters. The van der Waals surface area contributed by atoms with Crippen molar-refractivity contribution in [2.45, 2.75) is 19.1 Å². The summed E-state index contributed by atoms with van der Waals surface area (Å²) in [6.07, 6.45) is 0.00579. The Labute approximate surface area is 153 Å². The summed E-state index contributed by atoms with van der Waals surface area (Å²) in [5.74, 6) is 0.885. The van der Waals surface area contributed by atoms with Gasteiger partial charge >= 0.3 is 0 Å². The van der Waals surface area contributed by atoms with E-state index in [0.29, 0.717) is 43.2 Å². The Morgan fingerprint density at radius 2 is 2.12 bits per heavy atom. The van der Waals surface area contributed by atoms with Crippen molar-refractivity contribution in [1.82, 2.24) is 4.90 Å². The minimum atomic E-state index is -0.698. The lowest BCUT2D eigenvalue weighted by molar-refractivity contribution is 0.0546. The van der Waals surface area contributed by atoms with E-state index in [4.69, 9.17) is 15.2 Å². The third-order valence-corrected chi connectivity index (χ3v) is 4.48. The molecular formula is C20H24N2O4. The van der Waals surface area contributed by atoms with Crippen molar-refractivity contribution >= 4 is 5.91 Å². The van der Waals surface area contributed by atoms with Crippen LogP contribution in [0.4, 0.5) is 0 Å². The van der Waals surface area contributed by atoms with Crippen LogP contribution >= 0.6 is 0 Å². The van der Waals surface area contributed by atoms with Crippen molar-refractivity contribution in [3.63, 3.8) is 0 Å². The van der Waals surface area contributed by atoms with E-state index in [1.165, 1.54) is 0 Å². The Hall–Kier alpha value is -2.57. The normalized spacial score (nSPS) is 16.1. The number of hydrogen-bond donors (Lipinski definition) is 2. The van der Waals surface area contributed by atoms with Crippen LogP contribution in [0.1, 0.15) is 34.0 Å². The molecule has 0 saturated carbocycles. The monoisotopic (exact) mass is 356 g/mol. The molecule has 3 N–H and O–H groups in total. The van der Waals surface area contributed by atoms with Gasteiger partial charge < -0.3 is 25.2 Å². The molecule has 2 aromatic rings. The SMILES string of the molecule is COc1ccc(OCCCN)c(C(=O)N2Cc3ccccc3[C@H](O)C2)c1. The van der Waals surface area contributed by atoms with E-state index in [9.17, 15) is 9.90 Å². The summed E-state index contributed by atoms with van der Waals surface area (Å²) in [5, 5.41) is 10.4. The first-order valence-corrected chi connectivity index (χ1v) is 8.70. The number of ether oxygens (including phenoxy) is 2. The fourth-order valence-electron chi connectivity index (χ4n) is 3.10. The maximum Gasteiger partial charge on any atom is 0.258 e. The third kappa shape index (κ3) is 3.81. The number of aliphatic hydroxyl groups is 1. The fourth-order valence-corrected chi connectivity index (χ4v) is 3.10. The zero-order valence-corrected chi connectivity index (χ0v) is 14.9. The van der Waals surface area contributed by atoms with E-state index in [-0.39, 0.29) is 12.5 Å². The first kappa shape index (κ1) is 18.2. The summed E-state index contributed by atoms with van der Waals surface area (Å²) in [5.41, 5.74) is 7.76. The number of nitrogens with two attached hydrogens (primary N) is 1. The molecule has 2 aromatic carbocycles. The first-order chi connectivity index (χ1) is 12.6. The molecule has 3 rings (SSSR count). The topological polar surface area (TPSA) is 85.0 Å². The average molecular weight is 356 g/mol. The van der Waals surface area contributed by atoms with Gasteiger partial charge in [-0.25, -0.2) is 0 Å². The Bertz CT molecular complexity index is 778. The summed E-state index contributed by atoms with van der Waals surface area (Å²) in [6.45, 7) is 1.66. The van der Waals surface area contributed by atoms with E-state index < -0.39 is 6.10 Å². The summed E-state index contributed by atoms with van der Waals surface area (Å²) in [6, 6.07) is 12.8. The van der Waals surface area contributed by atoms with Crippen molar-refractivity contribution < 1.29 is 19.4 Å². The van der Waals surface area contributed by atoms with Crippen LogP contribution in [-0.4, -0.2) is 42.7 Å². The van der Waals surface area contributed by atoms with Crippen LogP contribution in [0.25, 0.3) is 0 Å². The molecule has 1 aliphatic heterocycles. The lowest BCUT2D eigenvalue weighted by Gasteiger charge is -2.32. The predicted octanol–water partition coefficient (Wildman–Crippen LogP) is 2.11. The molecule has 26 heavy (non-hydrogen) atoms. The maximum absolute atomic E-state index is 13.1. The zero-order chi connectivity index (χ0) is 18.5. The highest BCUT2D eigenvalue weighted by Crippen LogP contribution is 2.31. The zero-order valence-electron chi connectivity index (χ0n) is 14.9. The molecule has 1 amide bonds. The molecule has 138 valence electrons. The number of nitrogens with zero attached hydrogens (tertiary/aromatic N) is 1. The lowest BCUT2D eigenvalue weighted by atomic mass is 9.97. The van der Waals surface area contributed by atoms with Gasteiger partial charge in [-0.2, -0.15) is 0 Å². The van der Waals surface area contributed by atoms with Crippen LogP contribution in [0.15, 0.2) is 42.5 Å². The van der Waals surface area contributed by atoms with Gasteiger partial charge in [0.1, 0.15) is 11.5 Å². The summed E-state index contributed by atoms with van der Waals surface area (Å²) in [4.78, 5) is 14.8. The maximum atomic E-state index is 13.1. The highest BCUT2D eigenvalue weighted by Gasteiger charge is 2.29. The fraction of sp³-hybridized carbons (Fsp3) is 0.350.